The van der Waals surface area contributed by atoms with Crippen molar-refractivity contribution in [2.45, 2.75) is 25.6 Å². The number of carbonyl (C=O) groups excluding carboxylic acids is 2. The first kappa shape index (κ1) is 21.2. The molecule has 0 saturated carbocycles. The molecule has 148 valence electrons. The number of carbonyl (C=O) groups is 2. The monoisotopic (exact) mass is 391 g/mol. The van der Waals surface area contributed by atoms with Gasteiger partial charge in [0.15, 0.2) is 0 Å². The second-order valence-electron chi connectivity index (χ2n) is 5.96. The summed E-state index contributed by atoms with van der Waals surface area (Å²) in [7, 11) is 0. The molecule has 0 saturated heterocycles. The minimum atomic E-state index is -4.41. The van der Waals surface area contributed by atoms with Crippen molar-refractivity contribution < 1.29 is 27.5 Å². The molecule has 0 spiro atoms. The maximum atomic E-state index is 12.6. The summed E-state index contributed by atoms with van der Waals surface area (Å²) >= 11 is 0. The molecule has 0 bridgehead atoms. The second-order valence-corrected chi connectivity index (χ2v) is 5.96. The molecule has 0 aromatic heterocycles. The molecule has 0 aliphatic heterocycles. The summed E-state index contributed by atoms with van der Waals surface area (Å²) in [5, 5.41) is 2.58. The van der Waals surface area contributed by atoms with E-state index in [0.29, 0.717) is 5.56 Å². The van der Waals surface area contributed by atoms with Gasteiger partial charge < -0.3 is 10.1 Å². The van der Waals surface area contributed by atoms with Crippen LogP contribution in [0.3, 0.4) is 0 Å². The van der Waals surface area contributed by atoms with Gasteiger partial charge in [0.2, 0.25) is 5.91 Å². The van der Waals surface area contributed by atoms with Crippen molar-refractivity contribution in [2.75, 3.05) is 6.61 Å². The number of hydrogen-bond acceptors (Lipinski definition) is 3. The lowest BCUT2D eigenvalue weighted by molar-refractivity contribution is -0.147. The predicted octanol–water partition coefficient (Wildman–Crippen LogP) is 4.01. The standard InChI is InChI=1S/C21H20F3NO3/c1-2-28-20(27)18(14-16-6-4-3-5-7-16)25-19(26)13-10-15-8-11-17(12-9-15)21(22,23)24/h3-13,18H,2,14H2,1H3,(H,25,26). The SMILES string of the molecule is CCOC(=O)C(Cc1ccccc1)NC(=O)C=Cc1ccc(C(F)(F)F)cc1. The minimum Gasteiger partial charge on any atom is -0.464 e. The van der Waals surface area contributed by atoms with Crippen LogP contribution in [0.1, 0.15) is 23.6 Å². The molecule has 0 aliphatic rings. The van der Waals surface area contributed by atoms with Gasteiger partial charge in [-0.1, -0.05) is 42.5 Å². The Hall–Kier alpha value is -3.09. The maximum Gasteiger partial charge on any atom is 0.416 e. The molecule has 2 rings (SSSR count). The van der Waals surface area contributed by atoms with E-state index >= 15 is 0 Å². The summed E-state index contributed by atoms with van der Waals surface area (Å²) in [4.78, 5) is 24.3. The van der Waals surface area contributed by atoms with Crippen molar-refractivity contribution in [1.29, 1.82) is 0 Å². The van der Waals surface area contributed by atoms with Crippen molar-refractivity contribution in [1.82, 2.24) is 5.32 Å². The summed E-state index contributed by atoms with van der Waals surface area (Å²) < 4.78 is 42.7. The molecule has 4 nitrogen and oxygen atoms in total. The van der Waals surface area contributed by atoms with Gasteiger partial charge in [-0.25, -0.2) is 4.79 Å². The van der Waals surface area contributed by atoms with Gasteiger partial charge in [0, 0.05) is 12.5 Å². The highest BCUT2D eigenvalue weighted by atomic mass is 19.4. The molecule has 2 aromatic carbocycles. The van der Waals surface area contributed by atoms with Gasteiger partial charge in [0.05, 0.1) is 12.2 Å². The first-order valence-corrected chi connectivity index (χ1v) is 8.66. The molecule has 1 atom stereocenters. The Bertz CT molecular complexity index is 815. The van der Waals surface area contributed by atoms with E-state index in [-0.39, 0.29) is 13.0 Å². The summed E-state index contributed by atoms with van der Waals surface area (Å²) in [5.74, 6) is -1.10. The number of esters is 1. The van der Waals surface area contributed by atoms with Crippen molar-refractivity contribution in [3.63, 3.8) is 0 Å². The first-order valence-electron chi connectivity index (χ1n) is 8.66. The quantitative estimate of drug-likeness (QED) is 0.573. The van der Waals surface area contributed by atoms with Crippen molar-refractivity contribution in [3.8, 4) is 0 Å². The van der Waals surface area contributed by atoms with E-state index in [4.69, 9.17) is 4.74 Å². The first-order chi connectivity index (χ1) is 13.3. The lowest BCUT2D eigenvalue weighted by atomic mass is 10.1. The van der Waals surface area contributed by atoms with Crippen LogP contribution in [0.2, 0.25) is 0 Å². The Morgan fingerprint density at radius 3 is 2.29 bits per heavy atom. The summed E-state index contributed by atoms with van der Waals surface area (Å²) in [5.41, 5.74) is 0.519. The molecule has 1 unspecified atom stereocenters. The molecule has 0 radical (unpaired) electrons. The van der Waals surface area contributed by atoms with Crippen LogP contribution < -0.4 is 5.32 Å². The molecular weight excluding hydrogens is 371 g/mol. The second kappa shape index (κ2) is 9.73. The van der Waals surface area contributed by atoms with Crippen LogP contribution in [0.5, 0.6) is 0 Å². The third kappa shape index (κ3) is 6.57. The fourth-order valence-electron chi connectivity index (χ4n) is 2.46. The zero-order valence-corrected chi connectivity index (χ0v) is 15.2. The predicted molar refractivity (Wildman–Crippen MR) is 99.2 cm³/mol. The summed E-state index contributed by atoms with van der Waals surface area (Å²) in [6.45, 7) is 1.85. The third-order valence-electron chi connectivity index (χ3n) is 3.84. The molecule has 0 heterocycles. The highest BCUT2D eigenvalue weighted by Crippen LogP contribution is 2.29. The van der Waals surface area contributed by atoms with E-state index in [1.807, 2.05) is 30.3 Å². The van der Waals surface area contributed by atoms with Gasteiger partial charge in [-0.2, -0.15) is 13.2 Å². The summed E-state index contributed by atoms with van der Waals surface area (Å²) in [6.07, 6.45) is -1.61. The largest absolute Gasteiger partial charge is 0.464 e. The number of nitrogens with one attached hydrogen (secondary N) is 1. The van der Waals surface area contributed by atoms with E-state index in [1.54, 1.807) is 6.92 Å². The van der Waals surface area contributed by atoms with E-state index in [1.165, 1.54) is 24.3 Å². The molecule has 0 aliphatic carbocycles. The molecule has 1 amide bonds. The lowest BCUT2D eigenvalue weighted by Crippen LogP contribution is -2.42. The van der Waals surface area contributed by atoms with Gasteiger partial charge in [0.25, 0.3) is 0 Å². The molecule has 1 N–H and O–H groups in total. The molecule has 7 heteroatoms. The van der Waals surface area contributed by atoms with Gasteiger partial charge in [-0.05, 0) is 36.3 Å². The number of halogens is 3. The number of hydrogen-bond donors (Lipinski definition) is 1. The Labute approximate surface area is 161 Å². The molecule has 0 fully saturated rings. The highest BCUT2D eigenvalue weighted by molar-refractivity contribution is 5.94. The number of rotatable bonds is 7. The Balaban J connectivity index is 2.03. The zero-order chi connectivity index (χ0) is 20.6. The van der Waals surface area contributed by atoms with Crippen molar-refractivity contribution >= 4 is 18.0 Å². The number of ether oxygens (including phenoxy) is 1. The lowest BCUT2D eigenvalue weighted by Gasteiger charge is -2.16. The van der Waals surface area contributed by atoms with Crippen LogP contribution in [0.15, 0.2) is 60.7 Å². The molecular formula is C21H20F3NO3. The Kier molecular flexibility index (Phi) is 7.37. The van der Waals surface area contributed by atoms with Crippen LogP contribution >= 0.6 is 0 Å². The number of benzene rings is 2. The van der Waals surface area contributed by atoms with E-state index in [2.05, 4.69) is 5.32 Å². The number of alkyl halides is 3. The average molecular weight is 391 g/mol. The smallest absolute Gasteiger partial charge is 0.416 e. The van der Waals surface area contributed by atoms with Crippen LogP contribution in [-0.4, -0.2) is 24.5 Å². The van der Waals surface area contributed by atoms with Gasteiger partial charge in [-0.15, -0.1) is 0 Å². The normalized spacial score (nSPS) is 12.6. The van der Waals surface area contributed by atoms with Crippen LogP contribution in [0, 0.1) is 0 Å². The van der Waals surface area contributed by atoms with Gasteiger partial charge in [0.1, 0.15) is 6.04 Å². The number of amides is 1. The highest BCUT2D eigenvalue weighted by Gasteiger charge is 2.29. The average Bonchev–Trinajstić information content (AvgIpc) is 2.66. The Morgan fingerprint density at radius 1 is 1.07 bits per heavy atom. The van der Waals surface area contributed by atoms with E-state index in [0.717, 1.165) is 17.7 Å². The van der Waals surface area contributed by atoms with Crippen LogP contribution in [0.25, 0.3) is 6.08 Å². The van der Waals surface area contributed by atoms with Gasteiger partial charge >= 0.3 is 12.1 Å². The fourth-order valence-corrected chi connectivity index (χ4v) is 2.46. The van der Waals surface area contributed by atoms with E-state index < -0.39 is 29.7 Å². The minimum absolute atomic E-state index is 0.182. The fraction of sp³-hybridized carbons (Fsp3) is 0.238. The van der Waals surface area contributed by atoms with Crippen LogP contribution in [0.4, 0.5) is 13.2 Å². The molecule has 2 aromatic rings. The summed E-state index contributed by atoms with van der Waals surface area (Å²) in [6, 6.07) is 12.7. The van der Waals surface area contributed by atoms with Crippen molar-refractivity contribution in [3.05, 3.63) is 77.4 Å². The third-order valence-corrected chi connectivity index (χ3v) is 3.84. The van der Waals surface area contributed by atoms with E-state index in [9.17, 15) is 22.8 Å². The topological polar surface area (TPSA) is 55.4 Å². The van der Waals surface area contributed by atoms with Gasteiger partial charge in [-0.3, -0.25) is 4.79 Å². The maximum absolute atomic E-state index is 12.6. The van der Waals surface area contributed by atoms with Crippen molar-refractivity contribution in [2.24, 2.45) is 0 Å². The zero-order valence-electron chi connectivity index (χ0n) is 15.2. The van der Waals surface area contributed by atoms with Crippen LogP contribution in [-0.2, 0) is 26.9 Å². The Morgan fingerprint density at radius 2 is 1.71 bits per heavy atom. The molecule has 28 heavy (non-hydrogen) atoms.